The molecule has 0 saturated heterocycles. The number of hydrogen-bond acceptors (Lipinski definition) is 3. The van der Waals surface area contributed by atoms with Crippen LogP contribution in [0.25, 0.3) is 10.8 Å². The zero-order valence-electron chi connectivity index (χ0n) is 10.5. The van der Waals surface area contributed by atoms with Gasteiger partial charge in [0.2, 0.25) is 0 Å². The minimum absolute atomic E-state index is 0.413. The zero-order chi connectivity index (χ0) is 13.9. The Morgan fingerprint density at radius 3 is 2.50 bits per heavy atom. The van der Waals surface area contributed by atoms with E-state index < -0.39 is 0 Å². The molecule has 3 aromatic rings. The molecule has 3 rings (SSSR count). The van der Waals surface area contributed by atoms with Crippen molar-refractivity contribution in [1.29, 1.82) is 5.26 Å². The highest BCUT2D eigenvalue weighted by molar-refractivity contribution is 9.10. The summed E-state index contributed by atoms with van der Waals surface area (Å²) in [5.41, 5.74) is 2.28. The molecule has 0 spiro atoms. The van der Waals surface area contributed by atoms with Crippen LogP contribution in [-0.2, 0) is 0 Å². The molecule has 0 aliphatic rings. The lowest BCUT2D eigenvalue weighted by Crippen LogP contribution is -1.93. The summed E-state index contributed by atoms with van der Waals surface area (Å²) in [6.45, 7) is 0. The molecule has 0 saturated carbocycles. The molecule has 0 fully saturated rings. The highest BCUT2D eigenvalue weighted by atomic mass is 79.9. The molecule has 0 unspecified atom stereocenters. The van der Waals surface area contributed by atoms with Gasteiger partial charge in [-0.1, -0.05) is 40.2 Å². The van der Waals surface area contributed by atoms with Crippen LogP contribution in [-0.4, -0.2) is 4.98 Å². The standard InChI is InChI=1S/C16H10BrN3/c17-15-7-8-16(14-4-2-1-3-13(14)15)20-12-6-5-11(9-18)19-10-12/h1-8,10,20H. The fraction of sp³-hybridized carbons (Fsp3) is 0. The van der Waals surface area contributed by atoms with Crippen molar-refractivity contribution in [2.24, 2.45) is 0 Å². The van der Waals surface area contributed by atoms with Crippen LogP contribution in [0.5, 0.6) is 0 Å². The number of nitriles is 1. The third kappa shape index (κ3) is 2.36. The maximum Gasteiger partial charge on any atom is 0.140 e. The number of hydrogen-bond donors (Lipinski definition) is 1. The number of anilines is 2. The molecule has 0 aliphatic carbocycles. The molecule has 1 heterocycles. The third-order valence-electron chi connectivity index (χ3n) is 3.03. The lowest BCUT2D eigenvalue weighted by atomic mass is 10.1. The first kappa shape index (κ1) is 12.6. The van der Waals surface area contributed by atoms with Gasteiger partial charge in [0.25, 0.3) is 0 Å². The van der Waals surface area contributed by atoms with Gasteiger partial charge in [0.05, 0.1) is 11.9 Å². The van der Waals surface area contributed by atoms with Crippen LogP contribution in [0.15, 0.2) is 59.2 Å². The lowest BCUT2D eigenvalue weighted by molar-refractivity contribution is 1.26. The van der Waals surface area contributed by atoms with E-state index in [9.17, 15) is 0 Å². The Bertz CT molecular complexity index is 804. The first-order valence-corrected chi connectivity index (χ1v) is 6.87. The van der Waals surface area contributed by atoms with Crippen LogP contribution in [0.4, 0.5) is 11.4 Å². The van der Waals surface area contributed by atoms with E-state index >= 15 is 0 Å². The summed E-state index contributed by atoms with van der Waals surface area (Å²) >= 11 is 3.56. The van der Waals surface area contributed by atoms with Crippen LogP contribution >= 0.6 is 15.9 Å². The van der Waals surface area contributed by atoms with E-state index in [1.54, 1.807) is 12.3 Å². The number of nitrogens with zero attached hydrogens (tertiary/aromatic N) is 2. The number of fused-ring (bicyclic) bond motifs is 1. The number of nitrogens with one attached hydrogen (secondary N) is 1. The number of pyridine rings is 1. The van der Waals surface area contributed by atoms with E-state index in [4.69, 9.17) is 5.26 Å². The van der Waals surface area contributed by atoms with E-state index in [2.05, 4.69) is 38.4 Å². The summed E-state index contributed by atoms with van der Waals surface area (Å²) in [4.78, 5) is 4.06. The number of rotatable bonds is 2. The van der Waals surface area contributed by atoms with Gasteiger partial charge in [-0.3, -0.25) is 0 Å². The Kier molecular flexibility index (Phi) is 3.36. The first-order valence-electron chi connectivity index (χ1n) is 6.08. The molecule has 0 amide bonds. The predicted octanol–water partition coefficient (Wildman–Crippen LogP) is 4.61. The molecule has 0 atom stereocenters. The first-order chi connectivity index (χ1) is 9.78. The average Bonchev–Trinajstić information content (AvgIpc) is 2.51. The van der Waals surface area contributed by atoms with Gasteiger partial charge in [0.1, 0.15) is 11.8 Å². The summed E-state index contributed by atoms with van der Waals surface area (Å²) in [5.74, 6) is 0. The van der Waals surface area contributed by atoms with Gasteiger partial charge in [0.15, 0.2) is 0 Å². The highest BCUT2D eigenvalue weighted by Gasteiger charge is 2.04. The second-order valence-corrected chi connectivity index (χ2v) is 5.16. The Morgan fingerprint density at radius 2 is 1.80 bits per heavy atom. The van der Waals surface area contributed by atoms with E-state index in [0.29, 0.717) is 5.69 Å². The summed E-state index contributed by atoms with van der Waals surface area (Å²) in [6.07, 6.45) is 1.66. The van der Waals surface area contributed by atoms with E-state index in [-0.39, 0.29) is 0 Å². The molecule has 0 bridgehead atoms. The van der Waals surface area contributed by atoms with Gasteiger partial charge in [-0.25, -0.2) is 4.98 Å². The average molecular weight is 324 g/mol. The van der Waals surface area contributed by atoms with E-state index in [0.717, 1.165) is 26.6 Å². The van der Waals surface area contributed by atoms with Crippen molar-refractivity contribution >= 4 is 38.1 Å². The summed E-state index contributed by atoms with van der Waals surface area (Å²) in [5, 5.41) is 14.4. The fourth-order valence-corrected chi connectivity index (χ4v) is 2.54. The van der Waals surface area contributed by atoms with Crippen LogP contribution in [0, 0.1) is 11.3 Å². The Hall–Kier alpha value is -2.38. The molecular weight excluding hydrogens is 314 g/mol. The highest BCUT2D eigenvalue weighted by Crippen LogP contribution is 2.31. The van der Waals surface area contributed by atoms with E-state index in [1.807, 2.05) is 36.4 Å². The zero-order valence-corrected chi connectivity index (χ0v) is 12.1. The van der Waals surface area contributed by atoms with Crippen LogP contribution in [0.1, 0.15) is 5.69 Å². The van der Waals surface area contributed by atoms with Crippen molar-refractivity contribution in [2.45, 2.75) is 0 Å². The summed E-state index contributed by atoms with van der Waals surface area (Å²) < 4.78 is 1.07. The number of benzene rings is 2. The quantitative estimate of drug-likeness (QED) is 0.749. The van der Waals surface area contributed by atoms with E-state index in [1.165, 1.54) is 0 Å². The minimum atomic E-state index is 0.413. The minimum Gasteiger partial charge on any atom is -0.354 e. The molecule has 1 N–H and O–H groups in total. The van der Waals surface area contributed by atoms with Crippen molar-refractivity contribution in [3.63, 3.8) is 0 Å². The maximum absolute atomic E-state index is 8.75. The molecule has 3 nitrogen and oxygen atoms in total. The summed E-state index contributed by atoms with van der Waals surface area (Å²) in [6, 6.07) is 17.8. The Morgan fingerprint density at radius 1 is 1.00 bits per heavy atom. The summed E-state index contributed by atoms with van der Waals surface area (Å²) in [7, 11) is 0. The fourth-order valence-electron chi connectivity index (χ4n) is 2.06. The molecule has 4 heteroatoms. The van der Waals surface area contributed by atoms with Crippen LogP contribution in [0.2, 0.25) is 0 Å². The monoisotopic (exact) mass is 323 g/mol. The van der Waals surface area contributed by atoms with Gasteiger partial charge in [-0.05, 0) is 29.7 Å². The topological polar surface area (TPSA) is 48.7 Å². The van der Waals surface area contributed by atoms with Crippen LogP contribution in [0.3, 0.4) is 0 Å². The van der Waals surface area contributed by atoms with Gasteiger partial charge in [-0.2, -0.15) is 5.26 Å². The number of halogens is 1. The van der Waals surface area contributed by atoms with Crippen molar-refractivity contribution in [2.75, 3.05) is 5.32 Å². The van der Waals surface area contributed by atoms with Gasteiger partial charge >= 0.3 is 0 Å². The van der Waals surface area contributed by atoms with Crippen molar-refractivity contribution in [3.8, 4) is 6.07 Å². The predicted molar refractivity (Wildman–Crippen MR) is 83.9 cm³/mol. The second-order valence-electron chi connectivity index (χ2n) is 4.31. The molecule has 20 heavy (non-hydrogen) atoms. The molecular formula is C16H10BrN3. The second kappa shape index (κ2) is 5.32. The molecule has 96 valence electrons. The number of aromatic nitrogens is 1. The lowest BCUT2D eigenvalue weighted by Gasteiger charge is -2.10. The van der Waals surface area contributed by atoms with Crippen LogP contribution < -0.4 is 5.32 Å². The van der Waals surface area contributed by atoms with Gasteiger partial charge in [-0.15, -0.1) is 0 Å². The van der Waals surface area contributed by atoms with Crippen molar-refractivity contribution in [3.05, 3.63) is 64.9 Å². The molecule has 0 aliphatic heterocycles. The largest absolute Gasteiger partial charge is 0.354 e. The van der Waals surface area contributed by atoms with Crippen molar-refractivity contribution in [1.82, 2.24) is 4.98 Å². The Balaban J connectivity index is 2.02. The molecule has 1 aromatic heterocycles. The van der Waals surface area contributed by atoms with Crippen molar-refractivity contribution < 1.29 is 0 Å². The maximum atomic E-state index is 8.75. The SMILES string of the molecule is N#Cc1ccc(Nc2ccc(Br)c3ccccc23)cn1. The van der Waals surface area contributed by atoms with Gasteiger partial charge in [0, 0.05) is 15.5 Å². The molecule has 0 radical (unpaired) electrons. The Labute approximate surface area is 125 Å². The van der Waals surface area contributed by atoms with Gasteiger partial charge < -0.3 is 5.32 Å². The normalized spacial score (nSPS) is 10.2. The smallest absolute Gasteiger partial charge is 0.140 e. The molecule has 2 aromatic carbocycles. The third-order valence-corrected chi connectivity index (χ3v) is 3.72.